The second-order valence-corrected chi connectivity index (χ2v) is 10.6. The molecule has 9 nitrogen and oxygen atoms in total. The fourth-order valence-electron chi connectivity index (χ4n) is 5.11. The number of hydrogen-bond donors (Lipinski definition) is 3. The number of aromatic nitrogens is 2. The van der Waals surface area contributed by atoms with Gasteiger partial charge < -0.3 is 29.8 Å². The van der Waals surface area contributed by atoms with Gasteiger partial charge in [0.25, 0.3) is 5.56 Å². The van der Waals surface area contributed by atoms with E-state index in [1.54, 1.807) is 19.2 Å². The van der Waals surface area contributed by atoms with Crippen molar-refractivity contribution in [1.29, 1.82) is 0 Å². The van der Waals surface area contributed by atoms with Crippen LogP contribution in [0.4, 0.5) is 0 Å². The normalized spacial score (nSPS) is 21.4. The molecule has 1 saturated carbocycles. The van der Waals surface area contributed by atoms with Gasteiger partial charge >= 0.3 is 0 Å². The molecule has 3 unspecified atom stereocenters. The van der Waals surface area contributed by atoms with E-state index in [1.165, 1.54) is 0 Å². The van der Waals surface area contributed by atoms with E-state index < -0.39 is 5.79 Å². The van der Waals surface area contributed by atoms with Crippen LogP contribution in [-0.4, -0.2) is 65.5 Å². The molecule has 3 aromatic rings. The second kappa shape index (κ2) is 11.5. The number of nitrogens with one attached hydrogen (secondary N) is 2. The molecule has 1 aromatic heterocycles. The van der Waals surface area contributed by atoms with Crippen LogP contribution in [0, 0.1) is 19.8 Å². The average Bonchev–Trinajstić information content (AvgIpc) is 2.86. The monoisotopic (exact) mass is 522 g/mol. The van der Waals surface area contributed by atoms with Crippen molar-refractivity contribution in [1.82, 2.24) is 20.2 Å². The van der Waals surface area contributed by atoms with Crippen molar-refractivity contribution in [2.24, 2.45) is 5.92 Å². The molecule has 0 saturated heterocycles. The molecule has 0 spiro atoms. The molecule has 1 aliphatic carbocycles. The summed E-state index contributed by atoms with van der Waals surface area (Å²) in [5.74, 6) is -0.534. The molecule has 1 fully saturated rings. The van der Waals surface area contributed by atoms with Crippen molar-refractivity contribution in [3.8, 4) is 11.5 Å². The van der Waals surface area contributed by atoms with E-state index in [4.69, 9.17) is 9.47 Å². The van der Waals surface area contributed by atoms with Gasteiger partial charge in [0.05, 0.1) is 18.1 Å². The molecular weight excluding hydrogens is 484 g/mol. The summed E-state index contributed by atoms with van der Waals surface area (Å²) in [6.07, 6.45) is 1.92. The van der Waals surface area contributed by atoms with Crippen LogP contribution >= 0.6 is 0 Å². The van der Waals surface area contributed by atoms with E-state index in [2.05, 4.69) is 15.3 Å². The molecule has 4 rings (SSSR count). The summed E-state index contributed by atoms with van der Waals surface area (Å²) in [7, 11) is 5.49. The maximum absolute atomic E-state index is 12.8. The molecule has 0 aliphatic heterocycles. The Morgan fingerprint density at radius 3 is 2.68 bits per heavy atom. The minimum absolute atomic E-state index is 0.102. The fourth-order valence-corrected chi connectivity index (χ4v) is 5.11. The Bertz CT molecular complexity index is 1350. The van der Waals surface area contributed by atoms with Crippen LogP contribution < -0.4 is 20.3 Å². The lowest BCUT2D eigenvalue weighted by Crippen LogP contribution is -2.55. The van der Waals surface area contributed by atoms with Gasteiger partial charge in [0.2, 0.25) is 11.7 Å². The smallest absolute Gasteiger partial charge is 0.270 e. The van der Waals surface area contributed by atoms with E-state index in [1.807, 2.05) is 57.1 Å². The van der Waals surface area contributed by atoms with E-state index in [0.717, 1.165) is 16.6 Å². The Hall–Kier alpha value is -3.43. The first kappa shape index (κ1) is 27.6. The molecule has 2 aromatic carbocycles. The van der Waals surface area contributed by atoms with E-state index >= 15 is 0 Å². The lowest BCUT2D eigenvalue weighted by Gasteiger charge is -2.43. The summed E-state index contributed by atoms with van der Waals surface area (Å²) in [5.41, 5.74) is 3.69. The number of carbonyl (C=O) groups excluding carboxylic acids is 1. The molecular formula is C29H38N4O5. The number of hydrogen-bond acceptors (Lipinski definition) is 7. The van der Waals surface area contributed by atoms with Gasteiger partial charge in [-0.2, -0.15) is 0 Å². The van der Waals surface area contributed by atoms with Gasteiger partial charge in [-0.1, -0.05) is 6.07 Å². The first-order valence-electron chi connectivity index (χ1n) is 13.1. The molecule has 0 bridgehead atoms. The number of fused-ring (bicyclic) bond motifs is 1. The van der Waals surface area contributed by atoms with E-state index in [0.29, 0.717) is 48.5 Å². The van der Waals surface area contributed by atoms with Crippen molar-refractivity contribution in [3.05, 3.63) is 63.6 Å². The van der Waals surface area contributed by atoms with Gasteiger partial charge in [0, 0.05) is 43.8 Å². The number of nitrogens with zero attached hydrogens (tertiary/aromatic N) is 2. The maximum Gasteiger partial charge on any atom is 0.270 e. The van der Waals surface area contributed by atoms with Crippen molar-refractivity contribution in [2.75, 3.05) is 27.7 Å². The SMILES string of the molecule is COc1cccc(OC2(O)CCC(NC(=O)CCc3nc4cc(C)c(C)cc4[nH]c3=O)CC2CN(C)C)c1. The van der Waals surface area contributed by atoms with Gasteiger partial charge in [-0.25, -0.2) is 4.98 Å². The lowest BCUT2D eigenvalue weighted by molar-refractivity contribution is -0.202. The van der Waals surface area contributed by atoms with Gasteiger partial charge in [-0.05, 0) is 76.2 Å². The summed E-state index contributed by atoms with van der Waals surface area (Å²) in [6.45, 7) is 4.60. The Labute approximate surface area is 223 Å². The maximum atomic E-state index is 12.8. The first-order chi connectivity index (χ1) is 18.1. The molecule has 1 heterocycles. The third kappa shape index (κ3) is 6.52. The number of aliphatic hydroxyl groups is 1. The highest BCUT2D eigenvalue weighted by Gasteiger charge is 2.45. The fraction of sp³-hybridized carbons (Fsp3) is 0.483. The predicted molar refractivity (Wildman–Crippen MR) is 147 cm³/mol. The zero-order chi connectivity index (χ0) is 27.4. The summed E-state index contributed by atoms with van der Waals surface area (Å²) in [5, 5.41) is 14.6. The van der Waals surface area contributed by atoms with Crippen molar-refractivity contribution < 1.29 is 19.4 Å². The van der Waals surface area contributed by atoms with Gasteiger partial charge in [-0.3, -0.25) is 9.59 Å². The average molecular weight is 523 g/mol. The van der Waals surface area contributed by atoms with Gasteiger partial charge in [0.1, 0.15) is 17.2 Å². The van der Waals surface area contributed by atoms with Gasteiger partial charge in [-0.15, -0.1) is 0 Å². The standard InChI is InChI=1S/C29H38N4O5/c1-18-13-25-26(14-19(18)2)32-28(35)24(31-25)9-10-27(34)30-21-11-12-29(36,20(15-21)17-33(3)4)38-23-8-6-7-22(16-23)37-5/h6-8,13-14,16,20-21,36H,9-12,15,17H2,1-5H3,(H,30,34)(H,32,35). The van der Waals surface area contributed by atoms with Crippen molar-refractivity contribution >= 4 is 16.9 Å². The van der Waals surface area contributed by atoms with E-state index in [9.17, 15) is 14.7 Å². The van der Waals surface area contributed by atoms with Crippen LogP contribution in [0.25, 0.3) is 11.0 Å². The summed E-state index contributed by atoms with van der Waals surface area (Å²) < 4.78 is 11.4. The Kier molecular flexibility index (Phi) is 8.38. The highest BCUT2D eigenvalue weighted by Crippen LogP contribution is 2.37. The molecule has 3 atom stereocenters. The largest absolute Gasteiger partial charge is 0.497 e. The quantitative estimate of drug-likeness (QED) is 0.370. The Morgan fingerprint density at radius 1 is 1.21 bits per heavy atom. The van der Waals surface area contributed by atoms with Gasteiger partial charge in [0.15, 0.2) is 0 Å². The van der Waals surface area contributed by atoms with Crippen LogP contribution in [-0.2, 0) is 11.2 Å². The van der Waals surface area contributed by atoms with Crippen molar-refractivity contribution in [3.63, 3.8) is 0 Å². The third-order valence-electron chi connectivity index (χ3n) is 7.31. The number of aryl methyl sites for hydroxylation is 3. The van der Waals surface area contributed by atoms with Crippen molar-refractivity contribution in [2.45, 2.75) is 57.8 Å². The predicted octanol–water partition coefficient (Wildman–Crippen LogP) is 3.10. The molecule has 204 valence electrons. The highest BCUT2D eigenvalue weighted by atomic mass is 16.6. The number of ether oxygens (including phenoxy) is 2. The van der Waals surface area contributed by atoms with Crippen LogP contribution in [0.2, 0.25) is 0 Å². The molecule has 0 radical (unpaired) electrons. The van der Waals surface area contributed by atoms with Crippen LogP contribution in [0.3, 0.4) is 0 Å². The number of aromatic amines is 1. The summed E-state index contributed by atoms with van der Waals surface area (Å²) >= 11 is 0. The topological polar surface area (TPSA) is 117 Å². The molecule has 38 heavy (non-hydrogen) atoms. The molecule has 3 N–H and O–H groups in total. The van der Waals surface area contributed by atoms with E-state index in [-0.39, 0.29) is 36.3 Å². The molecule has 1 amide bonds. The first-order valence-corrected chi connectivity index (χ1v) is 13.1. The zero-order valence-corrected chi connectivity index (χ0v) is 22.8. The number of amides is 1. The Morgan fingerprint density at radius 2 is 1.95 bits per heavy atom. The second-order valence-electron chi connectivity index (χ2n) is 10.6. The Balaban J connectivity index is 1.39. The zero-order valence-electron chi connectivity index (χ0n) is 22.8. The minimum atomic E-state index is -1.36. The summed E-state index contributed by atoms with van der Waals surface area (Å²) in [4.78, 5) is 34.8. The lowest BCUT2D eigenvalue weighted by atomic mass is 9.79. The number of carbonyl (C=O) groups is 1. The highest BCUT2D eigenvalue weighted by molar-refractivity contribution is 5.77. The number of H-pyrrole nitrogens is 1. The van der Waals surface area contributed by atoms with Crippen LogP contribution in [0.5, 0.6) is 11.5 Å². The third-order valence-corrected chi connectivity index (χ3v) is 7.31. The van der Waals surface area contributed by atoms with Crippen LogP contribution in [0.1, 0.15) is 42.5 Å². The number of methoxy groups -OCH3 is 1. The minimum Gasteiger partial charge on any atom is -0.497 e. The van der Waals surface area contributed by atoms with Crippen LogP contribution in [0.15, 0.2) is 41.2 Å². The molecule has 1 aliphatic rings. The molecule has 9 heteroatoms. The summed E-state index contributed by atoms with van der Waals surface area (Å²) in [6, 6.07) is 11.0. The number of benzene rings is 2. The number of rotatable bonds is 9.